The molecule has 466 valence electrons. The Hall–Kier alpha value is -2.04. The summed E-state index contributed by atoms with van der Waals surface area (Å²) in [5.41, 5.74) is 2.49. The Morgan fingerprint density at radius 1 is 0.304 bits per heavy atom. The third kappa shape index (κ3) is 58.9. The molecule has 0 aliphatic carbocycles. The van der Waals surface area contributed by atoms with Gasteiger partial charge in [0.25, 0.3) is 0 Å². The summed E-state index contributed by atoms with van der Waals surface area (Å²) in [6.07, 6.45) is 14.5. The smallest absolute Gasteiger partial charge is 0.126 e. The largest absolute Gasteiger partial charge is 0.491 e. The molecule has 0 unspecified atom stereocenters. The number of rotatable bonds is 69. The van der Waals surface area contributed by atoms with E-state index in [1.165, 1.54) is 50.5 Å². The number of hydrogen-bond donors (Lipinski definition) is 1. The lowest BCUT2D eigenvalue weighted by molar-refractivity contribution is -0.0313. The van der Waals surface area contributed by atoms with Gasteiger partial charge in [0.2, 0.25) is 0 Å². The molecule has 0 heterocycles. The van der Waals surface area contributed by atoms with Crippen molar-refractivity contribution in [3.05, 3.63) is 35.4 Å². The second kappa shape index (κ2) is 66.8. The van der Waals surface area contributed by atoms with Crippen LogP contribution in [0.5, 0.6) is 5.75 Å². The zero-order valence-corrected chi connectivity index (χ0v) is 48.9. The Labute approximate surface area is 475 Å². The van der Waals surface area contributed by atoms with E-state index in [4.69, 9.17) is 99.8 Å². The van der Waals surface area contributed by atoms with Crippen LogP contribution in [-0.2, 0) is 96.4 Å². The Morgan fingerprint density at radius 2 is 0.544 bits per heavy atom. The van der Waals surface area contributed by atoms with E-state index in [9.17, 15) is 0 Å². The summed E-state index contributed by atoms with van der Waals surface area (Å²) in [4.78, 5) is 0. The molecule has 0 aromatic heterocycles. The minimum Gasteiger partial charge on any atom is -0.491 e. The van der Waals surface area contributed by atoms with Gasteiger partial charge in [0, 0.05) is 5.56 Å². The average molecular weight is 1140 g/mol. The zero-order chi connectivity index (χ0) is 56.4. The van der Waals surface area contributed by atoms with E-state index in [-0.39, 0.29) is 6.61 Å². The molecule has 1 N–H and O–H groups in total. The summed E-state index contributed by atoms with van der Waals surface area (Å²) in [6.45, 7) is 23.4. The highest BCUT2D eigenvalue weighted by atomic mass is 16.6. The normalized spacial score (nSPS) is 11.8. The standard InChI is InChI=1S/C58H108O21/c1-3-5-6-7-8-9-10-12-56-13-14-58(57(55-56)11-4-2)79-54-53-78-52-51-77-50-49-76-48-47-75-46-45-74-44-43-73-42-41-72-40-39-71-38-37-70-36-35-69-34-33-68-32-31-67-30-29-66-28-27-65-26-25-64-24-23-63-22-21-62-20-19-61-18-17-60-16-15-59/h4,11,13-14,55,59H,3,5-10,12,15-54H2,1-2H3. The van der Waals surface area contributed by atoms with Crippen molar-refractivity contribution in [2.75, 3.05) is 264 Å². The molecule has 0 aliphatic rings. The van der Waals surface area contributed by atoms with Crippen molar-refractivity contribution < 1.29 is 99.8 Å². The topological polar surface area (TPSA) is 205 Å². The number of aliphatic hydroxyl groups excluding tert-OH is 1. The third-order valence-electron chi connectivity index (χ3n) is 10.9. The van der Waals surface area contributed by atoms with Crippen LogP contribution in [0.2, 0.25) is 0 Å². The molecule has 0 bridgehead atoms. The van der Waals surface area contributed by atoms with Crippen molar-refractivity contribution in [1.29, 1.82) is 0 Å². The molecule has 1 aromatic carbocycles. The van der Waals surface area contributed by atoms with E-state index in [1.54, 1.807) is 0 Å². The number of aliphatic hydroxyl groups is 1. The van der Waals surface area contributed by atoms with Crippen molar-refractivity contribution in [3.63, 3.8) is 0 Å². The number of allylic oxidation sites excluding steroid dienone is 1. The second-order valence-electron chi connectivity index (χ2n) is 17.5. The molecule has 0 radical (unpaired) electrons. The fourth-order valence-corrected chi connectivity index (χ4v) is 6.82. The molecule has 0 spiro atoms. The molecule has 0 amide bonds. The molecule has 0 aliphatic heterocycles. The van der Waals surface area contributed by atoms with E-state index in [0.717, 1.165) is 17.7 Å². The SMILES string of the molecule is CC=Cc1cc(CCCCCCCCC)ccc1OCCOCCOCCOCCOCCOCCOCCOCCOCCOCCOCCOCCOCCOCCOCCOCCOCCOCCOCCOCCO. The van der Waals surface area contributed by atoms with Gasteiger partial charge in [-0.05, 0) is 37.5 Å². The molecule has 79 heavy (non-hydrogen) atoms. The Balaban J connectivity index is 1.67. The van der Waals surface area contributed by atoms with Gasteiger partial charge in [-0.25, -0.2) is 0 Å². The first-order valence-electron chi connectivity index (χ1n) is 29.3. The van der Waals surface area contributed by atoms with Crippen LogP contribution in [0.4, 0.5) is 0 Å². The van der Waals surface area contributed by atoms with Crippen LogP contribution in [0.15, 0.2) is 24.3 Å². The summed E-state index contributed by atoms with van der Waals surface area (Å²) in [7, 11) is 0. The van der Waals surface area contributed by atoms with Crippen LogP contribution in [0, 0.1) is 0 Å². The maximum Gasteiger partial charge on any atom is 0.126 e. The van der Waals surface area contributed by atoms with Crippen LogP contribution >= 0.6 is 0 Å². The summed E-state index contributed by atoms with van der Waals surface area (Å²) < 4.78 is 111. The number of aryl methyl sites for hydroxylation is 1. The van der Waals surface area contributed by atoms with E-state index in [2.05, 4.69) is 37.3 Å². The first-order valence-corrected chi connectivity index (χ1v) is 29.3. The van der Waals surface area contributed by atoms with Gasteiger partial charge in [0.05, 0.1) is 258 Å². The number of benzene rings is 1. The van der Waals surface area contributed by atoms with E-state index < -0.39 is 0 Å². The van der Waals surface area contributed by atoms with Crippen LogP contribution in [-0.4, -0.2) is 269 Å². The van der Waals surface area contributed by atoms with Crippen molar-refractivity contribution in [2.24, 2.45) is 0 Å². The summed E-state index contributed by atoms with van der Waals surface area (Å²) in [6, 6.07) is 6.53. The summed E-state index contributed by atoms with van der Waals surface area (Å²) in [5, 5.41) is 8.61. The highest BCUT2D eigenvalue weighted by molar-refractivity contribution is 5.58. The molecular formula is C58H108O21. The minimum atomic E-state index is 0.0193. The molecule has 1 aromatic rings. The Morgan fingerprint density at radius 3 is 0.797 bits per heavy atom. The Bertz CT molecular complexity index is 1340. The molecule has 0 atom stereocenters. The first kappa shape index (κ1) is 75.0. The molecule has 0 fully saturated rings. The monoisotopic (exact) mass is 1140 g/mol. The first-order chi connectivity index (χ1) is 39.3. The maximum absolute atomic E-state index is 8.61. The van der Waals surface area contributed by atoms with Gasteiger partial charge in [-0.3, -0.25) is 0 Å². The lowest BCUT2D eigenvalue weighted by Gasteiger charge is -2.12. The lowest BCUT2D eigenvalue weighted by atomic mass is 10.0. The highest BCUT2D eigenvalue weighted by Gasteiger charge is 2.05. The summed E-state index contributed by atoms with van der Waals surface area (Å²) in [5.74, 6) is 0.893. The average Bonchev–Trinajstić information content (AvgIpc) is 3.46. The maximum atomic E-state index is 8.61. The Kier molecular flexibility index (Phi) is 63.4. The van der Waals surface area contributed by atoms with Gasteiger partial charge >= 0.3 is 0 Å². The number of unbranched alkanes of at least 4 members (excludes halogenated alkanes) is 6. The predicted octanol–water partition coefficient (Wildman–Crippen LogP) is 5.70. The van der Waals surface area contributed by atoms with Gasteiger partial charge in [-0.15, -0.1) is 0 Å². The zero-order valence-electron chi connectivity index (χ0n) is 48.9. The van der Waals surface area contributed by atoms with Crippen LogP contribution in [0.25, 0.3) is 6.08 Å². The second-order valence-corrected chi connectivity index (χ2v) is 17.5. The lowest BCUT2D eigenvalue weighted by Crippen LogP contribution is -2.16. The fourth-order valence-electron chi connectivity index (χ4n) is 6.82. The highest BCUT2D eigenvalue weighted by Crippen LogP contribution is 2.23. The van der Waals surface area contributed by atoms with Crippen molar-refractivity contribution >= 4 is 6.08 Å². The van der Waals surface area contributed by atoms with Crippen LogP contribution in [0.3, 0.4) is 0 Å². The third-order valence-corrected chi connectivity index (χ3v) is 10.9. The van der Waals surface area contributed by atoms with E-state index in [0.29, 0.717) is 258 Å². The van der Waals surface area contributed by atoms with Crippen LogP contribution < -0.4 is 4.74 Å². The minimum absolute atomic E-state index is 0.0193. The van der Waals surface area contributed by atoms with Crippen molar-refractivity contribution in [2.45, 2.75) is 65.2 Å². The van der Waals surface area contributed by atoms with Crippen LogP contribution in [0.1, 0.15) is 69.9 Å². The quantitative estimate of drug-likeness (QED) is 0.0777. The summed E-state index contributed by atoms with van der Waals surface area (Å²) >= 11 is 0. The fraction of sp³-hybridized carbons (Fsp3) is 0.862. The molecule has 21 nitrogen and oxygen atoms in total. The van der Waals surface area contributed by atoms with E-state index in [1.807, 2.05) is 6.92 Å². The van der Waals surface area contributed by atoms with Gasteiger partial charge in [-0.2, -0.15) is 0 Å². The molecule has 21 heteroatoms. The van der Waals surface area contributed by atoms with E-state index >= 15 is 0 Å². The van der Waals surface area contributed by atoms with Crippen molar-refractivity contribution in [3.8, 4) is 5.75 Å². The van der Waals surface area contributed by atoms with Gasteiger partial charge in [0.15, 0.2) is 0 Å². The number of ether oxygens (including phenoxy) is 20. The van der Waals surface area contributed by atoms with Gasteiger partial charge in [-0.1, -0.05) is 63.7 Å². The molecule has 1 rings (SSSR count). The molecular weight excluding hydrogens is 1030 g/mol. The van der Waals surface area contributed by atoms with Crippen molar-refractivity contribution in [1.82, 2.24) is 0 Å². The van der Waals surface area contributed by atoms with Gasteiger partial charge in [0.1, 0.15) is 12.4 Å². The van der Waals surface area contributed by atoms with Gasteiger partial charge < -0.3 is 99.8 Å². The number of hydrogen-bond acceptors (Lipinski definition) is 21. The molecule has 0 saturated carbocycles. The predicted molar refractivity (Wildman–Crippen MR) is 301 cm³/mol. The molecule has 0 saturated heterocycles.